The Labute approximate surface area is 121 Å². The van der Waals surface area contributed by atoms with Crippen LogP contribution in [-0.2, 0) is 14.9 Å². The van der Waals surface area contributed by atoms with Crippen LogP contribution in [-0.4, -0.2) is 25.2 Å². The maximum absolute atomic E-state index is 11.4. The lowest BCUT2D eigenvalue weighted by Crippen LogP contribution is -2.33. The van der Waals surface area contributed by atoms with Gasteiger partial charge in [-0.2, -0.15) is 0 Å². The first-order valence-electron chi connectivity index (χ1n) is 7.00. The highest BCUT2D eigenvalue weighted by molar-refractivity contribution is 5.75. The topological polar surface area (TPSA) is 61.5 Å². The molecule has 0 radical (unpaired) electrons. The van der Waals surface area contributed by atoms with E-state index in [1.807, 2.05) is 18.2 Å². The number of carbonyl (C=O) groups excluding carboxylic acids is 1. The standard InChI is InChI=1S/C16H25NO3/c1-5-19-15(18)13(17)10-11-20-14-9-7-6-8-12(14)16(2,3)4/h6-9,13H,5,10-11,17H2,1-4H3. The van der Waals surface area contributed by atoms with Crippen LogP contribution in [0.2, 0.25) is 0 Å². The minimum atomic E-state index is -0.628. The average molecular weight is 279 g/mol. The summed E-state index contributed by atoms with van der Waals surface area (Å²) in [6.45, 7) is 8.92. The first-order chi connectivity index (χ1) is 9.36. The molecule has 0 aliphatic rings. The van der Waals surface area contributed by atoms with Crippen molar-refractivity contribution in [3.05, 3.63) is 29.8 Å². The van der Waals surface area contributed by atoms with Crippen molar-refractivity contribution in [3.8, 4) is 5.75 Å². The zero-order valence-electron chi connectivity index (χ0n) is 12.8. The van der Waals surface area contributed by atoms with E-state index in [2.05, 4.69) is 26.8 Å². The molecular weight excluding hydrogens is 254 g/mol. The van der Waals surface area contributed by atoms with Gasteiger partial charge in [-0.15, -0.1) is 0 Å². The number of hydrogen-bond donors (Lipinski definition) is 1. The molecule has 0 saturated heterocycles. The molecule has 112 valence electrons. The van der Waals surface area contributed by atoms with Crippen molar-refractivity contribution in [1.29, 1.82) is 0 Å². The van der Waals surface area contributed by atoms with Crippen LogP contribution >= 0.6 is 0 Å². The third-order valence-electron chi connectivity index (χ3n) is 2.97. The molecule has 4 nitrogen and oxygen atoms in total. The van der Waals surface area contributed by atoms with Crippen LogP contribution in [0.5, 0.6) is 5.75 Å². The van der Waals surface area contributed by atoms with E-state index < -0.39 is 6.04 Å². The third kappa shape index (κ3) is 4.85. The molecule has 0 heterocycles. The normalized spacial score (nSPS) is 12.8. The number of para-hydroxylation sites is 1. The monoisotopic (exact) mass is 279 g/mol. The summed E-state index contributed by atoms with van der Waals surface area (Å²) in [7, 11) is 0. The Balaban J connectivity index is 2.57. The smallest absolute Gasteiger partial charge is 0.323 e. The molecule has 0 aliphatic heterocycles. The van der Waals surface area contributed by atoms with E-state index in [0.29, 0.717) is 19.6 Å². The summed E-state index contributed by atoms with van der Waals surface area (Å²) in [5.41, 5.74) is 6.89. The Morgan fingerprint density at radius 1 is 1.30 bits per heavy atom. The third-order valence-corrected chi connectivity index (χ3v) is 2.97. The highest BCUT2D eigenvalue weighted by Gasteiger charge is 2.19. The maximum Gasteiger partial charge on any atom is 0.323 e. The lowest BCUT2D eigenvalue weighted by atomic mass is 9.86. The molecular formula is C16H25NO3. The van der Waals surface area contributed by atoms with Crippen LogP contribution in [0.4, 0.5) is 0 Å². The Morgan fingerprint density at radius 3 is 2.55 bits per heavy atom. The summed E-state index contributed by atoms with van der Waals surface area (Å²) in [4.78, 5) is 11.4. The minimum absolute atomic E-state index is 0.0137. The van der Waals surface area contributed by atoms with E-state index in [0.717, 1.165) is 11.3 Å². The second-order valence-electron chi connectivity index (χ2n) is 5.74. The minimum Gasteiger partial charge on any atom is -0.493 e. The van der Waals surface area contributed by atoms with Gasteiger partial charge in [0, 0.05) is 6.42 Å². The molecule has 2 N–H and O–H groups in total. The summed E-state index contributed by atoms with van der Waals surface area (Å²) in [6.07, 6.45) is 0.442. The molecule has 0 spiro atoms. The zero-order chi connectivity index (χ0) is 15.2. The van der Waals surface area contributed by atoms with Gasteiger partial charge < -0.3 is 15.2 Å². The number of ether oxygens (including phenoxy) is 2. The van der Waals surface area contributed by atoms with Crippen molar-refractivity contribution in [2.24, 2.45) is 5.73 Å². The van der Waals surface area contributed by atoms with E-state index >= 15 is 0 Å². The van der Waals surface area contributed by atoms with Gasteiger partial charge in [0.05, 0.1) is 13.2 Å². The Bertz CT molecular complexity index is 438. The van der Waals surface area contributed by atoms with Crippen molar-refractivity contribution >= 4 is 5.97 Å². The number of nitrogens with two attached hydrogens (primary N) is 1. The highest BCUT2D eigenvalue weighted by atomic mass is 16.5. The predicted octanol–water partition coefficient (Wildman–Crippen LogP) is 2.64. The fraction of sp³-hybridized carbons (Fsp3) is 0.562. The molecule has 1 rings (SSSR count). The Morgan fingerprint density at radius 2 is 1.95 bits per heavy atom. The molecule has 1 unspecified atom stereocenters. The molecule has 0 bridgehead atoms. The van der Waals surface area contributed by atoms with E-state index in [4.69, 9.17) is 15.2 Å². The summed E-state index contributed by atoms with van der Waals surface area (Å²) in [5.74, 6) is 0.469. The van der Waals surface area contributed by atoms with Crippen molar-refractivity contribution in [2.75, 3.05) is 13.2 Å². The first-order valence-corrected chi connectivity index (χ1v) is 7.00. The lowest BCUT2D eigenvalue weighted by molar-refractivity contribution is -0.145. The molecule has 1 aromatic carbocycles. The van der Waals surface area contributed by atoms with Crippen molar-refractivity contribution < 1.29 is 14.3 Å². The molecule has 1 atom stereocenters. The van der Waals surface area contributed by atoms with E-state index in [9.17, 15) is 4.79 Å². The van der Waals surface area contributed by atoms with Crippen LogP contribution in [0.15, 0.2) is 24.3 Å². The predicted molar refractivity (Wildman–Crippen MR) is 79.9 cm³/mol. The second kappa shape index (κ2) is 7.29. The van der Waals surface area contributed by atoms with Gasteiger partial charge in [-0.05, 0) is 24.0 Å². The Hall–Kier alpha value is -1.55. The molecule has 4 heteroatoms. The number of carbonyl (C=O) groups is 1. The van der Waals surface area contributed by atoms with E-state index in [-0.39, 0.29) is 11.4 Å². The number of esters is 1. The van der Waals surface area contributed by atoms with Crippen molar-refractivity contribution in [3.63, 3.8) is 0 Å². The van der Waals surface area contributed by atoms with Crippen LogP contribution in [0.1, 0.15) is 39.7 Å². The van der Waals surface area contributed by atoms with E-state index in [1.54, 1.807) is 6.92 Å². The molecule has 20 heavy (non-hydrogen) atoms. The molecule has 0 aromatic heterocycles. The summed E-state index contributed by atoms with van der Waals surface area (Å²) in [6, 6.07) is 7.31. The van der Waals surface area contributed by atoms with Crippen LogP contribution in [0.3, 0.4) is 0 Å². The lowest BCUT2D eigenvalue weighted by Gasteiger charge is -2.23. The summed E-state index contributed by atoms with van der Waals surface area (Å²) in [5, 5.41) is 0. The molecule has 0 saturated carbocycles. The first kappa shape index (κ1) is 16.5. The summed E-state index contributed by atoms with van der Waals surface area (Å²) < 4.78 is 10.6. The molecule has 0 amide bonds. The fourth-order valence-corrected chi connectivity index (χ4v) is 1.88. The van der Waals surface area contributed by atoms with Crippen LogP contribution < -0.4 is 10.5 Å². The SMILES string of the molecule is CCOC(=O)C(N)CCOc1ccccc1C(C)(C)C. The second-order valence-corrected chi connectivity index (χ2v) is 5.74. The fourth-order valence-electron chi connectivity index (χ4n) is 1.88. The van der Waals surface area contributed by atoms with Gasteiger partial charge in [0.1, 0.15) is 11.8 Å². The van der Waals surface area contributed by atoms with Crippen molar-refractivity contribution in [1.82, 2.24) is 0 Å². The zero-order valence-corrected chi connectivity index (χ0v) is 12.8. The van der Waals surface area contributed by atoms with Crippen molar-refractivity contribution in [2.45, 2.75) is 45.6 Å². The largest absolute Gasteiger partial charge is 0.493 e. The van der Waals surface area contributed by atoms with Gasteiger partial charge in [-0.3, -0.25) is 4.79 Å². The van der Waals surface area contributed by atoms with Gasteiger partial charge >= 0.3 is 5.97 Å². The average Bonchev–Trinajstić information content (AvgIpc) is 2.38. The molecule has 0 aliphatic carbocycles. The van der Waals surface area contributed by atoms with Crippen LogP contribution in [0.25, 0.3) is 0 Å². The number of hydrogen-bond acceptors (Lipinski definition) is 4. The molecule has 0 fully saturated rings. The highest BCUT2D eigenvalue weighted by Crippen LogP contribution is 2.30. The number of rotatable bonds is 6. The van der Waals surface area contributed by atoms with Gasteiger partial charge in [0.2, 0.25) is 0 Å². The van der Waals surface area contributed by atoms with Gasteiger partial charge in [0.15, 0.2) is 0 Å². The molecule has 1 aromatic rings. The van der Waals surface area contributed by atoms with Gasteiger partial charge in [-0.1, -0.05) is 39.0 Å². The summed E-state index contributed by atoms with van der Waals surface area (Å²) >= 11 is 0. The van der Waals surface area contributed by atoms with Gasteiger partial charge in [-0.25, -0.2) is 0 Å². The number of benzene rings is 1. The quantitative estimate of drug-likeness (QED) is 0.813. The Kier molecular flexibility index (Phi) is 6.02. The van der Waals surface area contributed by atoms with E-state index in [1.165, 1.54) is 0 Å². The van der Waals surface area contributed by atoms with Gasteiger partial charge in [0.25, 0.3) is 0 Å². The van der Waals surface area contributed by atoms with Crippen LogP contribution in [0, 0.1) is 0 Å². The maximum atomic E-state index is 11.4.